The number of rotatable bonds is 3. The predicted octanol–water partition coefficient (Wildman–Crippen LogP) is 3.12. The Morgan fingerprint density at radius 1 is 1.12 bits per heavy atom. The molecule has 0 unspecified atom stereocenters. The number of carbonyl (C=O) groups is 1. The fraction of sp³-hybridized carbons (Fsp3) is 0.200. The van der Waals surface area contributed by atoms with Gasteiger partial charge in [0, 0.05) is 23.9 Å². The fourth-order valence-electron chi connectivity index (χ4n) is 1.72. The second-order valence-electron chi connectivity index (χ2n) is 4.21. The summed E-state index contributed by atoms with van der Waals surface area (Å²) >= 11 is 0. The second-order valence-corrected chi connectivity index (χ2v) is 4.21. The van der Waals surface area contributed by atoms with Crippen molar-refractivity contribution in [2.45, 2.75) is 20.3 Å². The molecule has 0 aliphatic rings. The van der Waals surface area contributed by atoms with E-state index in [0.29, 0.717) is 12.0 Å². The number of hydrogen-bond donors (Lipinski definition) is 0. The number of nitrogens with zero attached hydrogens (tertiary/aromatic N) is 1. The van der Waals surface area contributed by atoms with Gasteiger partial charge in [-0.1, -0.05) is 24.3 Å². The maximum absolute atomic E-state index is 12.0. The average Bonchev–Trinajstić information content (AvgIpc) is 2.33. The van der Waals surface area contributed by atoms with Crippen molar-refractivity contribution < 1.29 is 4.79 Å². The molecule has 0 saturated carbocycles. The highest BCUT2D eigenvalue weighted by atomic mass is 16.1. The number of benzene rings is 1. The summed E-state index contributed by atoms with van der Waals surface area (Å²) in [5.74, 6) is 0.117. The van der Waals surface area contributed by atoms with Gasteiger partial charge in [-0.2, -0.15) is 0 Å². The van der Waals surface area contributed by atoms with Crippen molar-refractivity contribution >= 4 is 5.78 Å². The maximum atomic E-state index is 12.0. The van der Waals surface area contributed by atoms with E-state index in [0.717, 1.165) is 16.8 Å². The normalized spacial score (nSPS) is 10.2. The van der Waals surface area contributed by atoms with Crippen LogP contribution in [0.25, 0.3) is 0 Å². The molecule has 0 N–H and O–H groups in total. The van der Waals surface area contributed by atoms with E-state index in [1.54, 1.807) is 6.20 Å². The zero-order valence-corrected chi connectivity index (χ0v) is 10.1. The summed E-state index contributed by atoms with van der Waals surface area (Å²) in [5, 5.41) is 0. The van der Waals surface area contributed by atoms with Gasteiger partial charge in [-0.3, -0.25) is 9.78 Å². The highest BCUT2D eigenvalue weighted by molar-refractivity contribution is 5.97. The largest absolute Gasteiger partial charge is 0.294 e. The molecule has 0 bridgehead atoms. The molecule has 1 aromatic heterocycles. The Hall–Kier alpha value is -1.96. The average molecular weight is 225 g/mol. The molecule has 86 valence electrons. The first-order valence-electron chi connectivity index (χ1n) is 5.67. The number of ketones is 1. The Morgan fingerprint density at radius 3 is 2.53 bits per heavy atom. The molecule has 0 atom stereocenters. The molecule has 0 amide bonds. The van der Waals surface area contributed by atoms with Gasteiger partial charge < -0.3 is 0 Å². The van der Waals surface area contributed by atoms with Crippen LogP contribution in [0.2, 0.25) is 0 Å². The van der Waals surface area contributed by atoms with Crippen LogP contribution in [0.1, 0.15) is 27.2 Å². The third-order valence-electron chi connectivity index (χ3n) is 2.85. The molecule has 2 nitrogen and oxygen atoms in total. The summed E-state index contributed by atoms with van der Waals surface area (Å²) in [7, 11) is 0. The third-order valence-corrected chi connectivity index (χ3v) is 2.85. The van der Waals surface area contributed by atoms with Crippen molar-refractivity contribution in [2.24, 2.45) is 0 Å². The molecule has 2 rings (SSSR count). The number of hydrogen-bond acceptors (Lipinski definition) is 2. The summed E-state index contributed by atoms with van der Waals surface area (Å²) in [6, 6.07) is 11.7. The minimum atomic E-state index is 0.117. The van der Waals surface area contributed by atoms with E-state index < -0.39 is 0 Å². The van der Waals surface area contributed by atoms with Crippen LogP contribution < -0.4 is 0 Å². The van der Waals surface area contributed by atoms with E-state index in [1.807, 2.05) is 50.2 Å². The topological polar surface area (TPSA) is 30.0 Å². The smallest absolute Gasteiger partial charge is 0.168 e. The molecule has 2 heteroatoms. The SMILES string of the molecule is Cc1ccc(C(=O)Cc2ccccc2C)cn1. The Kier molecular flexibility index (Phi) is 3.33. The van der Waals surface area contributed by atoms with Gasteiger partial charge in [0.25, 0.3) is 0 Å². The molecule has 0 aliphatic carbocycles. The lowest BCUT2D eigenvalue weighted by atomic mass is 10.0. The highest BCUT2D eigenvalue weighted by Crippen LogP contribution is 2.11. The van der Waals surface area contributed by atoms with Crippen molar-refractivity contribution in [3.05, 3.63) is 65.0 Å². The Balaban J connectivity index is 2.17. The van der Waals surface area contributed by atoms with E-state index in [-0.39, 0.29) is 5.78 Å². The molecule has 0 aliphatic heterocycles. The van der Waals surface area contributed by atoms with Crippen LogP contribution in [0.15, 0.2) is 42.6 Å². The molecule has 1 heterocycles. The number of pyridine rings is 1. The Bertz CT molecular complexity index is 529. The molecular formula is C15H15NO. The monoisotopic (exact) mass is 225 g/mol. The molecule has 0 saturated heterocycles. The van der Waals surface area contributed by atoms with Gasteiger partial charge in [0.1, 0.15) is 0 Å². The standard InChI is InChI=1S/C15H15NO/c1-11-5-3-4-6-13(11)9-15(17)14-8-7-12(2)16-10-14/h3-8,10H,9H2,1-2H3. The summed E-state index contributed by atoms with van der Waals surface area (Å²) in [6.45, 7) is 3.94. The summed E-state index contributed by atoms with van der Waals surface area (Å²) in [6.07, 6.45) is 2.09. The Morgan fingerprint density at radius 2 is 1.88 bits per heavy atom. The zero-order chi connectivity index (χ0) is 12.3. The lowest BCUT2D eigenvalue weighted by molar-refractivity contribution is 0.0992. The zero-order valence-electron chi connectivity index (χ0n) is 10.1. The van der Waals surface area contributed by atoms with Crippen LogP contribution in [-0.2, 0) is 6.42 Å². The van der Waals surface area contributed by atoms with Gasteiger partial charge in [0.05, 0.1) is 0 Å². The number of aryl methyl sites for hydroxylation is 2. The fourth-order valence-corrected chi connectivity index (χ4v) is 1.72. The second kappa shape index (κ2) is 4.91. The van der Waals surface area contributed by atoms with Crippen molar-refractivity contribution in [3.63, 3.8) is 0 Å². The first-order chi connectivity index (χ1) is 8.16. The van der Waals surface area contributed by atoms with Gasteiger partial charge in [-0.15, -0.1) is 0 Å². The number of carbonyl (C=O) groups excluding carboxylic acids is 1. The van der Waals surface area contributed by atoms with Gasteiger partial charge in [0.15, 0.2) is 5.78 Å². The molecule has 0 radical (unpaired) electrons. The van der Waals surface area contributed by atoms with Crippen molar-refractivity contribution in [1.82, 2.24) is 4.98 Å². The van der Waals surface area contributed by atoms with Crippen LogP contribution in [0.3, 0.4) is 0 Å². The van der Waals surface area contributed by atoms with Crippen molar-refractivity contribution in [2.75, 3.05) is 0 Å². The minimum absolute atomic E-state index is 0.117. The number of aromatic nitrogens is 1. The first-order valence-corrected chi connectivity index (χ1v) is 5.67. The van der Waals surface area contributed by atoms with E-state index in [4.69, 9.17) is 0 Å². The molecular weight excluding hydrogens is 210 g/mol. The van der Waals surface area contributed by atoms with Crippen LogP contribution >= 0.6 is 0 Å². The van der Waals surface area contributed by atoms with Crippen molar-refractivity contribution in [1.29, 1.82) is 0 Å². The van der Waals surface area contributed by atoms with Gasteiger partial charge in [-0.05, 0) is 37.1 Å². The predicted molar refractivity (Wildman–Crippen MR) is 68.2 cm³/mol. The third kappa shape index (κ3) is 2.78. The van der Waals surface area contributed by atoms with E-state index in [1.165, 1.54) is 0 Å². The van der Waals surface area contributed by atoms with Crippen LogP contribution in [0.5, 0.6) is 0 Å². The Labute approximate surface area is 101 Å². The first kappa shape index (κ1) is 11.5. The summed E-state index contributed by atoms with van der Waals surface area (Å²) in [4.78, 5) is 16.2. The quantitative estimate of drug-likeness (QED) is 0.751. The van der Waals surface area contributed by atoms with E-state index in [9.17, 15) is 4.79 Å². The van der Waals surface area contributed by atoms with Gasteiger partial charge in [0.2, 0.25) is 0 Å². The summed E-state index contributed by atoms with van der Waals surface area (Å²) in [5.41, 5.74) is 3.84. The minimum Gasteiger partial charge on any atom is -0.294 e. The molecule has 17 heavy (non-hydrogen) atoms. The van der Waals surface area contributed by atoms with Gasteiger partial charge in [-0.25, -0.2) is 0 Å². The van der Waals surface area contributed by atoms with Crippen molar-refractivity contribution in [3.8, 4) is 0 Å². The van der Waals surface area contributed by atoms with Crippen LogP contribution in [0.4, 0.5) is 0 Å². The summed E-state index contributed by atoms with van der Waals surface area (Å²) < 4.78 is 0. The van der Waals surface area contributed by atoms with Crippen LogP contribution in [0, 0.1) is 13.8 Å². The molecule has 2 aromatic rings. The van der Waals surface area contributed by atoms with Crippen LogP contribution in [-0.4, -0.2) is 10.8 Å². The number of Topliss-reactive ketones (excluding diaryl/α,β-unsaturated/α-hetero) is 1. The highest BCUT2D eigenvalue weighted by Gasteiger charge is 2.08. The molecule has 0 fully saturated rings. The van der Waals surface area contributed by atoms with E-state index in [2.05, 4.69) is 4.98 Å². The van der Waals surface area contributed by atoms with E-state index >= 15 is 0 Å². The lowest BCUT2D eigenvalue weighted by Gasteiger charge is -2.04. The lowest BCUT2D eigenvalue weighted by Crippen LogP contribution is -2.05. The maximum Gasteiger partial charge on any atom is 0.168 e. The molecule has 0 spiro atoms. The molecule has 1 aromatic carbocycles. The van der Waals surface area contributed by atoms with Gasteiger partial charge >= 0.3 is 0 Å².